The highest BCUT2D eigenvalue weighted by Crippen LogP contribution is 2.05. The van der Waals surface area contributed by atoms with Crippen molar-refractivity contribution >= 4 is 0 Å². The lowest BCUT2D eigenvalue weighted by molar-refractivity contribution is 0.527. The monoisotopic (exact) mass is 196 g/mol. The van der Waals surface area contributed by atoms with Crippen molar-refractivity contribution in [2.45, 2.75) is 52.1 Å². The molecule has 0 saturated carbocycles. The van der Waals surface area contributed by atoms with E-state index in [0.717, 1.165) is 12.2 Å². The molecule has 1 heterocycles. The number of aromatic nitrogens is 3. The first-order valence-electron chi connectivity index (χ1n) is 5.39. The lowest BCUT2D eigenvalue weighted by Crippen LogP contribution is -2.05. The van der Waals surface area contributed by atoms with Gasteiger partial charge in [0.2, 0.25) is 0 Å². The average Bonchev–Trinajstić information content (AvgIpc) is 2.61. The topological polar surface area (TPSA) is 56.7 Å². The third-order valence-electron chi connectivity index (χ3n) is 2.26. The van der Waals surface area contributed by atoms with E-state index in [4.69, 9.17) is 5.73 Å². The zero-order chi connectivity index (χ0) is 10.4. The van der Waals surface area contributed by atoms with Gasteiger partial charge in [-0.1, -0.05) is 31.4 Å². The normalized spacial score (nSPS) is 13.1. The first-order chi connectivity index (χ1) is 6.74. The quantitative estimate of drug-likeness (QED) is 0.707. The van der Waals surface area contributed by atoms with E-state index in [2.05, 4.69) is 17.2 Å². The SMILES string of the molecule is CCCCCCn1cc(C(C)N)nn1. The molecule has 2 N–H and O–H groups in total. The fourth-order valence-corrected chi connectivity index (χ4v) is 1.33. The molecule has 1 atom stereocenters. The Morgan fingerprint density at radius 2 is 2.21 bits per heavy atom. The van der Waals surface area contributed by atoms with E-state index in [-0.39, 0.29) is 6.04 Å². The summed E-state index contributed by atoms with van der Waals surface area (Å²) in [6, 6.07) is -0.0145. The van der Waals surface area contributed by atoms with Crippen LogP contribution in [0.4, 0.5) is 0 Å². The highest BCUT2D eigenvalue weighted by atomic mass is 15.4. The Morgan fingerprint density at radius 3 is 2.79 bits per heavy atom. The molecule has 0 saturated heterocycles. The molecule has 0 fully saturated rings. The van der Waals surface area contributed by atoms with Gasteiger partial charge < -0.3 is 5.73 Å². The minimum absolute atomic E-state index is 0.0145. The third kappa shape index (κ3) is 3.46. The van der Waals surface area contributed by atoms with E-state index in [1.807, 2.05) is 17.8 Å². The number of nitrogens with two attached hydrogens (primary N) is 1. The van der Waals surface area contributed by atoms with Crippen LogP contribution in [0.5, 0.6) is 0 Å². The molecule has 1 aromatic heterocycles. The molecule has 0 bridgehead atoms. The average molecular weight is 196 g/mol. The number of unbranched alkanes of at least 4 members (excludes halogenated alkanes) is 3. The van der Waals surface area contributed by atoms with Crippen LogP contribution in [0.15, 0.2) is 6.20 Å². The molecule has 4 heteroatoms. The number of hydrogen-bond donors (Lipinski definition) is 1. The minimum Gasteiger partial charge on any atom is -0.323 e. The van der Waals surface area contributed by atoms with Gasteiger partial charge in [-0.25, -0.2) is 0 Å². The van der Waals surface area contributed by atoms with Gasteiger partial charge in [-0.2, -0.15) is 0 Å². The van der Waals surface area contributed by atoms with E-state index >= 15 is 0 Å². The molecule has 1 rings (SSSR count). The van der Waals surface area contributed by atoms with Crippen LogP contribution in [-0.4, -0.2) is 15.0 Å². The molecule has 0 aliphatic carbocycles. The first kappa shape index (κ1) is 11.2. The summed E-state index contributed by atoms with van der Waals surface area (Å²) >= 11 is 0. The maximum atomic E-state index is 5.69. The molecule has 1 unspecified atom stereocenters. The van der Waals surface area contributed by atoms with Crippen molar-refractivity contribution in [1.29, 1.82) is 0 Å². The van der Waals surface area contributed by atoms with Crippen molar-refractivity contribution in [3.05, 3.63) is 11.9 Å². The van der Waals surface area contributed by atoms with Gasteiger partial charge in [0.15, 0.2) is 0 Å². The molecule has 0 aliphatic rings. The van der Waals surface area contributed by atoms with Crippen molar-refractivity contribution in [1.82, 2.24) is 15.0 Å². The molecule has 0 amide bonds. The van der Waals surface area contributed by atoms with Crippen LogP contribution >= 0.6 is 0 Å². The minimum atomic E-state index is -0.0145. The summed E-state index contributed by atoms with van der Waals surface area (Å²) in [5.41, 5.74) is 6.56. The van der Waals surface area contributed by atoms with Crippen molar-refractivity contribution < 1.29 is 0 Å². The number of rotatable bonds is 6. The molecule has 0 spiro atoms. The third-order valence-corrected chi connectivity index (χ3v) is 2.26. The molecule has 0 aliphatic heterocycles. The Morgan fingerprint density at radius 1 is 1.43 bits per heavy atom. The summed E-state index contributed by atoms with van der Waals surface area (Å²) in [6.45, 7) is 5.09. The summed E-state index contributed by atoms with van der Waals surface area (Å²) in [4.78, 5) is 0. The van der Waals surface area contributed by atoms with Crippen LogP contribution in [0, 0.1) is 0 Å². The largest absolute Gasteiger partial charge is 0.323 e. The lowest BCUT2D eigenvalue weighted by Gasteiger charge is -1.99. The fourth-order valence-electron chi connectivity index (χ4n) is 1.33. The number of aryl methyl sites for hydroxylation is 1. The van der Waals surface area contributed by atoms with Crippen molar-refractivity contribution in [3.63, 3.8) is 0 Å². The Bertz CT molecular complexity index is 254. The van der Waals surface area contributed by atoms with Crippen LogP contribution in [-0.2, 0) is 6.54 Å². The van der Waals surface area contributed by atoms with Crippen LogP contribution < -0.4 is 5.73 Å². The van der Waals surface area contributed by atoms with Gasteiger partial charge in [0.1, 0.15) is 0 Å². The maximum Gasteiger partial charge on any atom is 0.0991 e. The highest BCUT2D eigenvalue weighted by Gasteiger charge is 2.04. The Hall–Kier alpha value is -0.900. The second-order valence-electron chi connectivity index (χ2n) is 3.76. The second kappa shape index (κ2) is 5.75. The van der Waals surface area contributed by atoms with Crippen LogP contribution in [0.2, 0.25) is 0 Å². The van der Waals surface area contributed by atoms with Gasteiger partial charge in [-0.05, 0) is 13.3 Å². The van der Waals surface area contributed by atoms with E-state index in [9.17, 15) is 0 Å². The summed E-state index contributed by atoms with van der Waals surface area (Å²) in [5, 5.41) is 8.02. The molecular formula is C10H20N4. The Labute approximate surface area is 85.5 Å². The van der Waals surface area contributed by atoms with Gasteiger partial charge in [0.05, 0.1) is 11.9 Å². The lowest BCUT2D eigenvalue weighted by atomic mass is 10.2. The summed E-state index contributed by atoms with van der Waals surface area (Å²) < 4.78 is 1.88. The Balaban J connectivity index is 2.29. The zero-order valence-corrected chi connectivity index (χ0v) is 9.11. The van der Waals surface area contributed by atoms with E-state index in [1.165, 1.54) is 25.7 Å². The van der Waals surface area contributed by atoms with Crippen molar-refractivity contribution in [2.24, 2.45) is 5.73 Å². The van der Waals surface area contributed by atoms with Crippen LogP contribution in [0.3, 0.4) is 0 Å². The summed E-state index contributed by atoms with van der Waals surface area (Å²) in [5.74, 6) is 0. The van der Waals surface area contributed by atoms with Gasteiger partial charge in [0.25, 0.3) is 0 Å². The van der Waals surface area contributed by atoms with Gasteiger partial charge in [-0.15, -0.1) is 5.10 Å². The molecule has 1 aromatic rings. The van der Waals surface area contributed by atoms with E-state index < -0.39 is 0 Å². The Kier molecular flexibility index (Phi) is 4.59. The van der Waals surface area contributed by atoms with Gasteiger partial charge in [0, 0.05) is 12.6 Å². The predicted molar refractivity (Wildman–Crippen MR) is 56.8 cm³/mol. The van der Waals surface area contributed by atoms with Crippen LogP contribution in [0.25, 0.3) is 0 Å². The summed E-state index contributed by atoms with van der Waals surface area (Å²) in [7, 11) is 0. The smallest absolute Gasteiger partial charge is 0.0991 e. The predicted octanol–water partition coefficient (Wildman–Crippen LogP) is 1.88. The maximum absolute atomic E-state index is 5.69. The molecule has 14 heavy (non-hydrogen) atoms. The zero-order valence-electron chi connectivity index (χ0n) is 9.11. The van der Waals surface area contributed by atoms with Gasteiger partial charge in [-0.3, -0.25) is 4.68 Å². The molecule has 0 aromatic carbocycles. The molecule has 80 valence electrons. The molecular weight excluding hydrogens is 176 g/mol. The van der Waals surface area contributed by atoms with Crippen LogP contribution in [0.1, 0.15) is 51.3 Å². The van der Waals surface area contributed by atoms with E-state index in [1.54, 1.807) is 0 Å². The number of hydrogen-bond acceptors (Lipinski definition) is 3. The van der Waals surface area contributed by atoms with E-state index in [0.29, 0.717) is 0 Å². The number of nitrogens with zero attached hydrogens (tertiary/aromatic N) is 3. The van der Waals surface area contributed by atoms with Crippen molar-refractivity contribution in [2.75, 3.05) is 0 Å². The van der Waals surface area contributed by atoms with Gasteiger partial charge >= 0.3 is 0 Å². The molecule has 0 radical (unpaired) electrons. The fraction of sp³-hybridized carbons (Fsp3) is 0.800. The molecule has 4 nitrogen and oxygen atoms in total. The van der Waals surface area contributed by atoms with Crippen molar-refractivity contribution in [3.8, 4) is 0 Å². The first-order valence-corrected chi connectivity index (χ1v) is 5.39. The standard InChI is InChI=1S/C10H20N4/c1-3-4-5-6-7-14-8-10(9(2)11)12-13-14/h8-9H,3-7,11H2,1-2H3. The second-order valence-corrected chi connectivity index (χ2v) is 3.76. The summed E-state index contributed by atoms with van der Waals surface area (Å²) in [6.07, 6.45) is 6.95. The highest BCUT2D eigenvalue weighted by molar-refractivity contribution is 4.97.